The first-order valence-electron chi connectivity index (χ1n) is 6.03. The van der Waals surface area contributed by atoms with E-state index in [1.54, 1.807) is 27.7 Å². The molecule has 0 aromatic rings. The predicted molar refractivity (Wildman–Crippen MR) is 66.7 cm³/mol. The SMILES string of the molecule is CCOC(=O)[C@H](CCC(=O)O)NC(=O)OC(C)(C)C. The summed E-state index contributed by atoms with van der Waals surface area (Å²) in [5.74, 6) is -1.73. The third kappa shape index (κ3) is 8.87. The third-order valence-electron chi connectivity index (χ3n) is 1.91. The van der Waals surface area contributed by atoms with E-state index in [0.717, 1.165) is 0 Å². The molecule has 0 saturated carbocycles. The van der Waals surface area contributed by atoms with E-state index in [-0.39, 0.29) is 19.4 Å². The molecule has 0 aliphatic heterocycles. The van der Waals surface area contributed by atoms with Crippen LogP contribution < -0.4 is 5.32 Å². The minimum atomic E-state index is -1.06. The van der Waals surface area contributed by atoms with E-state index < -0.39 is 29.7 Å². The Labute approximate surface area is 112 Å². The second-order valence-corrected chi connectivity index (χ2v) is 4.88. The number of ether oxygens (including phenoxy) is 2. The van der Waals surface area contributed by atoms with Crippen molar-refractivity contribution < 1.29 is 29.0 Å². The van der Waals surface area contributed by atoms with E-state index in [0.29, 0.717) is 0 Å². The molecule has 0 heterocycles. The Bertz CT molecular complexity index is 334. The summed E-state index contributed by atoms with van der Waals surface area (Å²) < 4.78 is 9.76. The second kappa shape index (κ2) is 7.60. The van der Waals surface area contributed by atoms with E-state index in [2.05, 4.69) is 5.32 Å². The van der Waals surface area contributed by atoms with Gasteiger partial charge in [0.2, 0.25) is 0 Å². The fourth-order valence-electron chi connectivity index (χ4n) is 1.21. The maximum Gasteiger partial charge on any atom is 0.408 e. The van der Waals surface area contributed by atoms with Gasteiger partial charge < -0.3 is 19.9 Å². The van der Waals surface area contributed by atoms with Crippen LogP contribution >= 0.6 is 0 Å². The van der Waals surface area contributed by atoms with Crippen LogP contribution in [0, 0.1) is 0 Å². The summed E-state index contributed by atoms with van der Waals surface area (Å²) in [4.78, 5) is 33.6. The van der Waals surface area contributed by atoms with Crippen molar-refractivity contribution >= 4 is 18.0 Å². The number of hydrogen-bond donors (Lipinski definition) is 2. The van der Waals surface area contributed by atoms with Crippen molar-refractivity contribution in [3.63, 3.8) is 0 Å². The Morgan fingerprint density at radius 2 is 1.84 bits per heavy atom. The summed E-state index contributed by atoms with van der Waals surface area (Å²) in [6.45, 7) is 6.83. The summed E-state index contributed by atoms with van der Waals surface area (Å²) in [5, 5.41) is 10.9. The van der Waals surface area contributed by atoms with Crippen LogP contribution in [0.15, 0.2) is 0 Å². The molecule has 0 fully saturated rings. The minimum absolute atomic E-state index is 0.0482. The molecule has 7 nitrogen and oxygen atoms in total. The van der Waals surface area contributed by atoms with Gasteiger partial charge in [-0.15, -0.1) is 0 Å². The molecule has 0 bridgehead atoms. The van der Waals surface area contributed by atoms with Crippen molar-refractivity contribution in [2.24, 2.45) is 0 Å². The van der Waals surface area contributed by atoms with Crippen LogP contribution in [0.3, 0.4) is 0 Å². The predicted octanol–water partition coefficient (Wildman–Crippen LogP) is 1.31. The number of alkyl carbamates (subject to hydrolysis) is 1. The fourth-order valence-corrected chi connectivity index (χ4v) is 1.21. The van der Waals surface area contributed by atoms with Gasteiger partial charge in [0.05, 0.1) is 6.61 Å². The number of esters is 1. The van der Waals surface area contributed by atoms with E-state index in [1.165, 1.54) is 0 Å². The van der Waals surface area contributed by atoms with Gasteiger partial charge in [0, 0.05) is 6.42 Å². The Morgan fingerprint density at radius 3 is 2.26 bits per heavy atom. The summed E-state index contributed by atoms with van der Waals surface area (Å²) >= 11 is 0. The lowest BCUT2D eigenvalue weighted by Crippen LogP contribution is -2.44. The van der Waals surface area contributed by atoms with Crippen molar-refractivity contribution in [1.82, 2.24) is 5.32 Å². The molecule has 0 saturated heterocycles. The second-order valence-electron chi connectivity index (χ2n) is 4.88. The Balaban J connectivity index is 4.52. The maximum atomic E-state index is 11.6. The molecule has 1 amide bonds. The molecule has 0 unspecified atom stereocenters. The lowest BCUT2D eigenvalue weighted by atomic mass is 10.1. The van der Waals surface area contributed by atoms with Gasteiger partial charge in [-0.2, -0.15) is 0 Å². The molecule has 0 aliphatic carbocycles. The highest BCUT2D eigenvalue weighted by atomic mass is 16.6. The van der Waals surface area contributed by atoms with E-state index in [1.807, 2.05) is 0 Å². The summed E-state index contributed by atoms with van der Waals surface area (Å²) in [6, 6.07) is -1.02. The molecule has 0 rings (SSSR count). The van der Waals surface area contributed by atoms with Crippen molar-refractivity contribution in [1.29, 1.82) is 0 Å². The average molecular weight is 275 g/mol. The van der Waals surface area contributed by atoms with Gasteiger partial charge in [-0.05, 0) is 34.1 Å². The molecular weight excluding hydrogens is 254 g/mol. The highest BCUT2D eigenvalue weighted by Crippen LogP contribution is 2.08. The number of carbonyl (C=O) groups is 3. The smallest absolute Gasteiger partial charge is 0.408 e. The Hall–Kier alpha value is -1.79. The summed E-state index contributed by atoms with van der Waals surface area (Å²) in [5.41, 5.74) is -0.698. The van der Waals surface area contributed by atoms with Crippen molar-refractivity contribution in [2.45, 2.75) is 52.2 Å². The topological polar surface area (TPSA) is 102 Å². The van der Waals surface area contributed by atoms with Gasteiger partial charge in [0.15, 0.2) is 0 Å². The highest BCUT2D eigenvalue weighted by Gasteiger charge is 2.25. The molecule has 7 heteroatoms. The number of rotatable bonds is 6. The van der Waals surface area contributed by atoms with Crippen LogP contribution in [0.1, 0.15) is 40.5 Å². The van der Waals surface area contributed by atoms with Crippen LogP contribution in [-0.2, 0) is 19.1 Å². The first kappa shape index (κ1) is 17.2. The number of amides is 1. The molecule has 2 N–H and O–H groups in total. The number of carboxylic acids is 1. The Morgan fingerprint density at radius 1 is 1.26 bits per heavy atom. The minimum Gasteiger partial charge on any atom is -0.481 e. The van der Waals surface area contributed by atoms with Crippen molar-refractivity contribution in [3.8, 4) is 0 Å². The molecular formula is C12H21NO6. The van der Waals surface area contributed by atoms with Gasteiger partial charge in [-0.3, -0.25) is 4.79 Å². The van der Waals surface area contributed by atoms with Crippen molar-refractivity contribution in [3.05, 3.63) is 0 Å². The highest BCUT2D eigenvalue weighted by molar-refractivity contribution is 5.82. The molecule has 110 valence electrons. The summed E-state index contributed by atoms with van der Waals surface area (Å²) in [6.07, 6.45) is -1.08. The van der Waals surface area contributed by atoms with Gasteiger partial charge in [-0.25, -0.2) is 9.59 Å². The molecule has 0 aliphatic rings. The third-order valence-corrected chi connectivity index (χ3v) is 1.91. The normalized spacial score (nSPS) is 12.4. The molecule has 0 radical (unpaired) electrons. The summed E-state index contributed by atoms with van der Waals surface area (Å²) in [7, 11) is 0. The van der Waals surface area contributed by atoms with E-state index >= 15 is 0 Å². The van der Waals surface area contributed by atoms with Gasteiger partial charge in [-0.1, -0.05) is 0 Å². The van der Waals surface area contributed by atoms with Gasteiger partial charge in [0.25, 0.3) is 0 Å². The van der Waals surface area contributed by atoms with Gasteiger partial charge >= 0.3 is 18.0 Å². The molecule has 19 heavy (non-hydrogen) atoms. The number of aliphatic carboxylic acids is 1. The van der Waals surface area contributed by atoms with Crippen LogP contribution in [0.5, 0.6) is 0 Å². The van der Waals surface area contributed by atoms with Crippen LogP contribution in [0.25, 0.3) is 0 Å². The fraction of sp³-hybridized carbons (Fsp3) is 0.750. The zero-order valence-electron chi connectivity index (χ0n) is 11.7. The van der Waals surface area contributed by atoms with Gasteiger partial charge in [0.1, 0.15) is 11.6 Å². The van der Waals surface area contributed by atoms with Crippen LogP contribution in [0.2, 0.25) is 0 Å². The number of carbonyl (C=O) groups excluding carboxylic acids is 2. The molecule has 0 spiro atoms. The zero-order valence-corrected chi connectivity index (χ0v) is 11.7. The largest absolute Gasteiger partial charge is 0.481 e. The molecule has 0 aromatic heterocycles. The zero-order chi connectivity index (χ0) is 15.1. The quantitative estimate of drug-likeness (QED) is 0.708. The van der Waals surface area contributed by atoms with Crippen LogP contribution in [0.4, 0.5) is 4.79 Å². The van der Waals surface area contributed by atoms with E-state index in [9.17, 15) is 14.4 Å². The number of hydrogen-bond acceptors (Lipinski definition) is 5. The molecule has 1 atom stereocenters. The first-order valence-corrected chi connectivity index (χ1v) is 6.03. The first-order chi connectivity index (χ1) is 8.65. The average Bonchev–Trinajstić information content (AvgIpc) is 2.21. The van der Waals surface area contributed by atoms with Crippen LogP contribution in [-0.4, -0.2) is 41.4 Å². The lowest BCUT2D eigenvalue weighted by Gasteiger charge is -2.22. The monoisotopic (exact) mass is 275 g/mol. The number of nitrogens with one attached hydrogen (secondary N) is 1. The van der Waals surface area contributed by atoms with Crippen molar-refractivity contribution in [2.75, 3.05) is 6.61 Å². The number of carboxylic acid groups (broad SMARTS) is 1. The van der Waals surface area contributed by atoms with E-state index in [4.69, 9.17) is 14.6 Å². The maximum absolute atomic E-state index is 11.6. The standard InChI is InChI=1S/C12H21NO6/c1-5-18-10(16)8(6-7-9(14)15)13-11(17)19-12(2,3)4/h8H,5-7H2,1-4H3,(H,13,17)(H,14,15)/t8-/m0/s1. The lowest BCUT2D eigenvalue weighted by molar-refractivity contribution is -0.146. The Kier molecular flexibility index (Phi) is 6.89. The molecule has 0 aromatic carbocycles.